The summed E-state index contributed by atoms with van der Waals surface area (Å²) >= 11 is 0. The molecule has 0 aromatic rings. The van der Waals surface area contributed by atoms with Crippen molar-refractivity contribution in [1.82, 2.24) is 15.1 Å². The third-order valence-electron chi connectivity index (χ3n) is 3.22. The lowest BCUT2D eigenvalue weighted by Gasteiger charge is -2.36. The van der Waals surface area contributed by atoms with Crippen molar-refractivity contribution >= 4 is 6.03 Å². The molecule has 2 amide bonds. The third-order valence-corrected chi connectivity index (χ3v) is 3.22. The van der Waals surface area contributed by atoms with Crippen LogP contribution >= 0.6 is 0 Å². The van der Waals surface area contributed by atoms with Gasteiger partial charge in [-0.2, -0.15) is 0 Å². The number of urea groups is 1. The molecule has 1 aliphatic heterocycles. The summed E-state index contributed by atoms with van der Waals surface area (Å²) in [4.78, 5) is 16.0. The van der Waals surface area contributed by atoms with Gasteiger partial charge in [-0.15, -0.1) is 0 Å². The number of likely N-dealkylation sites (tertiary alicyclic amines) is 1. The van der Waals surface area contributed by atoms with Gasteiger partial charge in [-0.25, -0.2) is 4.79 Å². The molecule has 4 nitrogen and oxygen atoms in total. The normalized spacial score (nSPS) is 20.9. The SMILES string of the molecule is CCNC1CCCN(C(=O)N(CC)CC)C1. The van der Waals surface area contributed by atoms with E-state index in [9.17, 15) is 4.79 Å². The van der Waals surface area contributed by atoms with Gasteiger partial charge in [-0.05, 0) is 33.2 Å². The van der Waals surface area contributed by atoms with Crippen molar-refractivity contribution in [2.45, 2.75) is 39.7 Å². The maximum absolute atomic E-state index is 12.1. The van der Waals surface area contributed by atoms with Crippen LogP contribution < -0.4 is 5.32 Å². The van der Waals surface area contributed by atoms with Gasteiger partial charge in [0.05, 0.1) is 0 Å². The number of hydrogen-bond acceptors (Lipinski definition) is 2. The number of rotatable bonds is 4. The summed E-state index contributed by atoms with van der Waals surface area (Å²) in [6, 6.07) is 0.686. The molecule has 1 unspecified atom stereocenters. The summed E-state index contributed by atoms with van der Waals surface area (Å²) in [5.74, 6) is 0. The highest BCUT2D eigenvalue weighted by molar-refractivity contribution is 5.74. The Bertz CT molecular complexity index is 214. The van der Waals surface area contributed by atoms with Crippen molar-refractivity contribution < 1.29 is 4.79 Å². The topological polar surface area (TPSA) is 35.6 Å². The molecule has 94 valence electrons. The average Bonchev–Trinajstić information content (AvgIpc) is 2.31. The van der Waals surface area contributed by atoms with Gasteiger partial charge in [-0.3, -0.25) is 0 Å². The Morgan fingerprint density at radius 3 is 2.62 bits per heavy atom. The van der Waals surface area contributed by atoms with Crippen molar-refractivity contribution in [3.8, 4) is 0 Å². The molecule has 0 aromatic carbocycles. The molecule has 4 heteroatoms. The van der Waals surface area contributed by atoms with Gasteiger partial charge in [0.2, 0.25) is 0 Å². The maximum Gasteiger partial charge on any atom is 0.320 e. The minimum absolute atomic E-state index is 0.201. The molecule has 0 aromatic heterocycles. The van der Waals surface area contributed by atoms with Crippen LogP contribution in [0.3, 0.4) is 0 Å². The average molecular weight is 227 g/mol. The number of nitrogens with one attached hydrogen (secondary N) is 1. The van der Waals surface area contributed by atoms with Crippen LogP contribution in [0, 0.1) is 0 Å². The zero-order valence-electron chi connectivity index (χ0n) is 10.8. The van der Waals surface area contributed by atoms with Gasteiger partial charge >= 0.3 is 6.03 Å². The summed E-state index contributed by atoms with van der Waals surface area (Å²) in [5.41, 5.74) is 0. The minimum atomic E-state index is 0.201. The smallest absolute Gasteiger partial charge is 0.320 e. The standard InChI is InChI=1S/C12H25N3O/c1-4-13-11-8-7-9-15(10-11)12(16)14(5-2)6-3/h11,13H,4-10H2,1-3H3. The second-order valence-electron chi connectivity index (χ2n) is 4.30. The first kappa shape index (κ1) is 13.3. The van der Waals surface area contributed by atoms with Crippen molar-refractivity contribution in [1.29, 1.82) is 0 Å². The number of nitrogens with zero attached hydrogens (tertiary/aromatic N) is 2. The van der Waals surface area contributed by atoms with E-state index >= 15 is 0 Å². The molecule has 0 bridgehead atoms. The van der Waals surface area contributed by atoms with E-state index in [-0.39, 0.29) is 6.03 Å². The number of piperidine rings is 1. The monoisotopic (exact) mass is 227 g/mol. The lowest BCUT2D eigenvalue weighted by molar-refractivity contribution is 0.138. The van der Waals surface area contributed by atoms with Crippen LogP contribution in [0.4, 0.5) is 4.79 Å². The van der Waals surface area contributed by atoms with E-state index < -0.39 is 0 Å². The maximum atomic E-state index is 12.1. The van der Waals surface area contributed by atoms with Gasteiger partial charge < -0.3 is 15.1 Å². The summed E-state index contributed by atoms with van der Waals surface area (Å²) in [6.07, 6.45) is 2.31. The molecular formula is C12H25N3O. The fourth-order valence-electron chi connectivity index (χ4n) is 2.30. The Morgan fingerprint density at radius 1 is 1.38 bits per heavy atom. The Morgan fingerprint density at radius 2 is 2.06 bits per heavy atom. The van der Waals surface area contributed by atoms with E-state index in [1.807, 2.05) is 23.6 Å². The first-order chi connectivity index (χ1) is 7.72. The molecule has 0 aliphatic carbocycles. The quantitative estimate of drug-likeness (QED) is 0.790. The van der Waals surface area contributed by atoms with Crippen LogP contribution in [-0.2, 0) is 0 Å². The Hall–Kier alpha value is -0.770. The Labute approximate surface area is 99.0 Å². The van der Waals surface area contributed by atoms with Crippen LogP contribution in [0.2, 0.25) is 0 Å². The third kappa shape index (κ3) is 3.37. The van der Waals surface area contributed by atoms with E-state index in [0.29, 0.717) is 6.04 Å². The number of likely N-dealkylation sites (N-methyl/N-ethyl adjacent to an activating group) is 1. The second-order valence-corrected chi connectivity index (χ2v) is 4.30. The van der Waals surface area contributed by atoms with Gasteiger partial charge in [0.1, 0.15) is 0 Å². The molecule has 0 saturated carbocycles. The van der Waals surface area contributed by atoms with Gasteiger partial charge in [0.15, 0.2) is 0 Å². The lowest BCUT2D eigenvalue weighted by atomic mass is 10.1. The molecule has 1 heterocycles. The van der Waals surface area contributed by atoms with Gasteiger partial charge in [-0.1, -0.05) is 6.92 Å². The highest BCUT2D eigenvalue weighted by Crippen LogP contribution is 2.12. The van der Waals surface area contributed by atoms with Crippen molar-refractivity contribution in [3.05, 3.63) is 0 Å². The first-order valence-electron chi connectivity index (χ1n) is 6.50. The van der Waals surface area contributed by atoms with Crippen LogP contribution in [0.1, 0.15) is 33.6 Å². The van der Waals surface area contributed by atoms with Gasteiger partial charge in [0.25, 0.3) is 0 Å². The molecule has 1 fully saturated rings. The number of carbonyl (C=O) groups is 1. The summed E-state index contributed by atoms with van der Waals surface area (Å²) < 4.78 is 0. The van der Waals surface area contributed by atoms with Gasteiger partial charge in [0, 0.05) is 32.2 Å². The zero-order valence-corrected chi connectivity index (χ0v) is 10.8. The molecule has 1 N–H and O–H groups in total. The van der Waals surface area contributed by atoms with E-state index in [4.69, 9.17) is 0 Å². The Balaban J connectivity index is 2.49. The van der Waals surface area contributed by atoms with E-state index in [1.165, 1.54) is 6.42 Å². The fraction of sp³-hybridized carbons (Fsp3) is 0.917. The van der Waals surface area contributed by atoms with Crippen LogP contribution in [0.15, 0.2) is 0 Å². The molecular weight excluding hydrogens is 202 g/mol. The highest BCUT2D eigenvalue weighted by Gasteiger charge is 2.25. The number of hydrogen-bond donors (Lipinski definition) is 1. The van der Waals surface area contributed by atoms with Crippen LogP contribution in [-0.4, -0.2) is 54.6 Å². The fourth-order valence-corrected chi connectivity index (χ4v) is 2.30. The minimum Gasteiger partial charge on any atom is -0.325 e. The predicted octanol–water partition coefficient (Wildman–Crippen LogP) is 1.52. The summed E-state index contributed by atoms with van der Waals surface area (Å²) in [6.45, 7) is 10.6. The van der Waals surface area contributed by atoms with E-state index in [2.05, 4.69) is 12.2 Å². The zero-order chi connectivity index (χ0) is 12.0. The summed E-state index contributed by atoms with van der Waals surface area (Å²) in [7, 11) is 0. The van der Waals surface area contributed by atoms with Crippen molar-refractivity contribution in [2.24, 2.45) is 0 Å². The molecule has 1 aliphatic rings. The largest absolute Gasteiger partial charge is 0.325 e. The first-order valence-corrected chi connectivity index (χ1v) is 6.50. The number of amides is 2. The van der Waals surface area contributed by atoms with Crippen molar-refractivity contribution in [2.75, 3.05) is 32.7 Å². The second kappa shape index (κ2) is 6.74. The number of carbonyl (C=O) groups excluding carboxylic acids is 1. The van der Waals surface area contributed by atoms with Crippen LogP contribution in [0.5, 0.6) is 0 Å². The molecule has 0 radical (unpaired) electrons. The van der Waals surface area contributed by atoms with E-state index in [1.54, 1.807) is 0 Å². The highest BCUT2D eigenvalue weighted by atomic mass is 16.2. The van der Waals surface area contributed by atoms with E-state index in [0.717, 1.165) is 39.1 Å². The van der Waals surface area contributed by atoms with Crippen molar-refractivity contribution in [3.63, 3.8) is 0 Å². The molecule has 1 rings (SSSR count). The molecule has 0 spiro atoms. The molecule has 1 atom stereocenters. The summed E-state index contributed by atoms with van der Waals surface area (Å²) in [5, 5.41) is 3.43. The molecule has 16 heavy (non-hydrogen) atoms. The predicted molar refractivity (Wildman–Crippen MR) is 66.6 cm³/mol. The molecule has 1 saturated heterocycles. The Kier molecular flexibility index (Phi) is 5.60. The lowest BCUT2D eigenvalue weighted by Crippen LogP contribution is -2.52. The van der Waals surface area contributed by atoms with Crippen LogP contribution in [0.25, 0.3) is 0 Å².